The average molecular weight is 305 g/mol. The van der Waals surface area contributed by atoms with Crippen LogP contribution in [0.1, 0.15) is 11.1 Å². The Morgan fingerprint density at radius 3 is 2.86 bits per heavy atom. The minimum Gasteiger partial charge on any atom is -0.494 e. The van der Waals surface area contributed by atoms with E-state index in [9.17, 15) is 9.18 Å². The summed E-state index contributed by atoms with van der Waals surface area (Å²) in [7, 11) is 3.15. The minimum atomic E-state index is -0.446. The number of likely N-dealkylation sites (N-methyl/N-ethyl adjacent to an activating group) is 1. The molecule has 0 spiro atoms. The number of benzene rings is 1. The number of rotatable bonds is 5. The molecule has 0 aliphatic rings. The third kappa shape index (κ3) is 4.16. The van der Waals surface area contributed by atoms with Crippen molar-refractivity contribution in [3.05, 3.63) is 58.0 Å². The number of ether oxygens (including phenoxy) is 1. The van der Waals surface area contributed by atoms with Gasteiger partial charge in [-0.1, -0.05) is 6.07 Å². The van der Waals surface area contributed by atoms with Gasteiger partial charge in [-0.25, -0.2) is 4.39 Å². The average Bonchev–Trinajstić information content (AvgIpc) is 2.97. The molecule has 1 amide bonds. The zero-order valence-corrected chi connectivity index (χ0v) is 12.7. The van der Waals surface area contributed by atoms with E-state index in [2.05, 4.69) is 0 Å². The van der Waals surface area contributed by atoms with Crippen LogP contribution in [0.25, 0.3) is 6.08 Å². The fraction of sp³-hybridized carbons (Fsp3) is 0.188. The van der Waals surface area contributed by atoms with E-state index in [0.29, 0.717) is 12.1 Å². The summed E-state index contributed by atoms with van der Waals surface area (Å²) in [5.41, 5.74) is 1.71. The van der Waals surface area contributed by atoms with E-state index in [4.69, 9.17) is 4.74 Å². The monoisotopic (exact) mass is 305 g/mol. The lowest BCUT2D eigenvalue weighted by atomic mass is 10.2. The Kier molecular flexibility index (Phi) is 5.11. The van der Waals surface area contributed by atoms with Gasteiger partial charge in [0, 0.05) is 19.7 Å². The molecule has 2 aromatic rings. The van der Waals surface area contributed by atoms with Crippen LogP contribution >= 0.6 is 11.3 Å². The van der Waals surface area contributed by atoms with Crippen molar-refractivity contribution >= 4 is 23.3 Å². The largest absolute Gasteiger partial charge is 0.494 e. The molecule has 0 aliphatic heterocycles. The van der Waals surface area contributed by atoms with Crippen LogP contribution in [0.15, 0.2) is 41.1 Å². The molecule has 2 rings (SSSR count). The number of carbonyl (C=O) groups excluding carboxylic acids is 1. The topological polar surface area (TPSA) is 29.5 Å². The molecule has 1 aromatic heterocycles. The van der Waals surface area contributed by atoms with Crippen molar-refractivity contribution in [3.63, 3.8) is 0 Å². The first-order valence-electron chi connectivity index (χ1n) is 6.38. The molecule has 0 fully saturated rings. The molecular formula is C16H16FNO2S. The molecule has 0 aliphatic carbocycles. The van der Waals surface area contributed by atoms with E-state index in [0.717, 1.165) is 5.56 Å². The number of methoxy groups -OCH3 is 1. The molecule has 0 radical (unpaired) electrons. The van der Waals surface area contributed by atoms with Crippen LogP contribution in [-0.2, 0) is 11.3 Å². The smallest absolute Gasteiger partial charge is 0.246 e. The van der Waals surface area contributed by atoms with Crippen molar-refractivity contribution in [2.75, 3.05) is 14.2 Å². The third-order valence-corrected chi connectivity index (χ3v) is 3.70. The Morgan fingerprint density at radius 1 is 1.43 bits per heavy atom. The highest BCUT2D eigenvalue weighted by molar-refractivity contribution is 7.07. The van der Waals surface area contributed by atoms with Gasteiger partial charge >= 0.3 is 0 Å². The van der Waals surface area contributed by atoms with E-state index in [1.54, 1.807) is 35.4 Å². The van der Waals surface area contributed by atoms with Gasteiger partial charge in [0.1, 0.15) is 0 Å². The fourth-order valence-electron chi connectivity index (χ4n) is 1.82. The summed E-state index contributed by atoms with van der Waals surface area (Å²) >= 11 is 1.60. The van der Waals surface area contributed by atoms with Crippen LogP contribution in [0, 0.1) is 5.82 Å². The van der Waals surface area contributed by atoms with Gasteiger partial charge in [0.2, 0.25) is 5.91 Å². The van der Waals surface area contributed by atoms with Crippen molar-refractivity contribution in [3.8, 4) is 5.75 Å². The summed E-state index contributed by atoms with van der Waals surface area (Å²) in [5, 5.41) is 3.98. The maximum absolute atomic E-state index is 13.5. The van der Waals surface area contributed by atoms with Gasteiger partial charge < -0.3 is 9.64 Å². The second-order valence-corrected chi connectivity index (χ2v) is 5.33. The summed E-state index contributed by atoms with van der Waals surface area (Å²) in [6.07, 6.45) is 3.03. The van der Waals surface area contributed by atoms with Crippen molar-refractivity contribution in [2.45, 2.75) is 6.54 Å². The summed E-state index contributed by atoms with van der Waals surface area (Å²) < 4.78 is 18.4. The Balaban J connectivity index is 1.99. The first-order valence-corrected chi connectivity index (χ1v) is 7.32. The van der Waals surface area contributed by atoms with Gasteiger partial charge in [0.25, 0.3) is 0 Å². The summed E-state index contributed by atoms with van der Waals surface area (Å²) in [6, 6.07) is 6.55. The van der Waals surface area contributed by atoms with Gasteiger partial charge in [-0.2, -0.15) is 11.3 Å². The van der Waals surface area contributed by atoms with Crippen LogP contribution in [0.4, 0.5) is 4.39 Å². The lowest BCUT2D eigenvalue weighted by molar-refractivity contribution is -0.125. The first kappa shape index (κ1) is 15.3. The zero-order valence-electron chi connectivity index (χ0n) is 11.9. The molecule has 3 nitrogen and oxygen atoms in total. The zero-order chi connectivity index (χ0) is 15.2. The molecule has 110 valence electrons. The molecule has 0 unspecified atom stereocenters. The Hall–Kier alpha value is -2.14. The molecule has 1 heterocycles. The predicted octanol–water partition coefficient (Wildman–Crippen LogP) is 3.57. The van der Waals surface area contributed by atoms with E-state index in [1.165, 1.54) is 25.3 Å². The number of halogens is 1. The minimum absolute atomic E-state index is 0.127. The maximum Gasteiger partial charge on any atom is 0.246 e. The lowest BCUT2D eigenvalue weighted by Gasteiger charge is -2.13. The molecular weight excluding hydrogens is 289 g/mol. The summed E-state index contributed by atoms with van der Waals surface area (Å²) in [5.74, 6) is -0.385. The van der Waals surface area contributed by atoms with Crippen LogP contribution in [-0.4, -0.2) is 25.0 Å². The second kappa shape index (κ2) is 7.04. The van der Waals surface area contributed by atoms with Gasteiger partial charge in [-0.15, -0.1) is 0 Å². The molecule has 1 aromatic carbocycles. The van der Waals surface area contributed by atoms with E-state index in [1.807, 2.05) is 16.8 Å². The number of nitrogens with zero attached hydrogens (tertiary/aromatic N) is 1. The normalized spacial score (nSPS) is 10.8. The Morgan fingerprint density at radius 2 is 2.24 bits per heavy atom. The van der Waals surface area contributed by atoms with Crippen molar-refractivity contribution < 1.29 is 13.9 Å². The van der Waals surface area contributed by atoms with Crippen LogP contribution in [0.2, 0.25) is 0 Å². The molecule has 0 saturated carbocycles. The van der Waals surface area contributed by atoms with Gasteiger partial charge in [-0.05, 0) is 46.2 Å². The first-order chi connectivity index (χ1) is 10.1. The highest BCUT2D eigenvalue weighted by atomic mass is 32.1. The van der Waals surface area contributed by atoms with Gasteiger partial charge in [-0.3, -0.25) is 4.79 Å². The number of hydrogen-bond donors (Lipinski definition) is 0. The van der Waals surface area contributed by atoms with E-state index >= 15 is 0 Å². The van der Waals surface area contributed by atoms with Crippen molar-refractivity contribution in [1.29, 1.82) is 0 Å². The number of thiophene rings is 1. The number of amides is 1. The SMILES string of the molecule is COc1ccc(C=CC(=O)N(C)Cc2ccsc2)cc1F. The molecule has 0 atom stereocenters. The second-order valence-electron chi connectivity index (χ2n) is 4.55. The quantitative estimate of drug-likeness (QED) is 0.790. The Bertz CT molecular complexity index is 638. The lowest BCUT2D eigenvalue weighted by Crippen LogP contribution is -2.23. The van der Waals surface area contributed by atoms with E-state index < -0.39 is 5.82 Å². The summed E-state index contributed by atoms with van der Waals surface area (Å²) in [6.45, 7) is 0.559. The van der Waals surface area contributed by atoms with Crippen molar-refractivity contribution in [2.24, 2.45) is 0 Å². The standard InChI is InChI=1S/C16H16FNO2S/c1-18(10-13-7-8-21-11-13)16(19)6-4-12-3-5-15(20-2)14(17)9-12/h3-9,11H,10H2,1-2H3. The molecule has 0 saturated heterocycles. The van der Waals surface area contributed by atoms with Crippen LogP contribution in [0.3, 0.4) is 0 Å². The maximum atomic E-state index is 13.5. The molecule has 5 heteroatoms. The van der Waals surface area contributed by atoms with Crippen LogP contribution in [0.5, 0.6) is 5.75 Å². The molecule has 21 heavy (non-hydrogen) atoms. The highest BCUT2D eigenvalue weighted by Gasteiger charge is 2.06. The third-order valence-electron chi connectivity index (χ3n) is 2.97. The highest BCUT2D eigenvalue weighted by Crippen LogP contribution is 2.18. The van der Waals surface area contributed by atoms with Crippen molar-refractivity contribution in [1.82, 2.24) is 4.90 Å². The molecule has 0 bridgehead atoms. The number of hydrogen-bond acceptors (Lipinski definition) is 3. The van der Waals surface area contributed by atoms with E-state index in [-0.39, 0.29) is 11.7 Å². The predicted molar refractivity (Wildman–Crippen MR) is 82.8 cm³/mol. The Labute approximate surface area is 127 Å². The van der Waals surface area contributed by atoms with Gasteiger partial charge in [0.15, 0.2) is 11.6 Å². The van der Waals surface area contributed by atoms with Crippen LogP contribution < -0.4 is 4.74 Å². The summed E-state index contributed by atoms with van der Waals surface area (Å²) in [4.78, 5) is 13.6. The van der Waals surface area contributed by atoms with Gasteiger partial charge in [0.05, 0.1) is 7.11 Å². The molecule has 0 N–H and O–H groups in total. The fourth-order valence-corrected chi connectivity index (χ4v) is 2.48. The number of carbonyl (C=O) groups is 1.